The molecule has 1 heteroatoms. The van der Waals surface area contributed by atoms with Gasteiger partial charge in [-0.15, -0.1) is 0 Å². The predicted octanol–water partition coefficient (Wildman–Crippen LogP) is 5.46. The highest BCUT2D eigenvalue weighted by Crippen LogP contribution is 2.37. The highest BCUT2D eigenvalue weighted by atomic mass is 16.3. The molecule has 0 aliphatic carbocycles. The summed E-state index contributed by atoms with van der Waals surface area (Å²) in [5.74, 6) is 0. The third-order valence-electron chi connectivity index (χ3n) is 3.52. The molecule has 18 heavy (non-hydrogen) atoms. The Balaban J connectivity index is 2.43. The number of furan rings is 1. The standard InChI is InChI=1S/C17H24O/c1-12-10-18-15-8-7-13(9-14(12)15)17(5,6)11-16(2,3)4/h7-10H,11H2,1-6H3. The molecule has 0 saturated carbocycles. The Labute approximate surface area is 110 Å². The molecule has 0 amide bonds. The van der Waals surface area contributed by atoms with Gasteiger partial charge in [0.2, 0.25) is 0 Å². The molecule has 1 nitrogen and oxygen atoms in total. The van der Waals surface area contributed by atoms with Gasteiger partial charge in [0.05, 0.1) is 6.26 Å². The quantitative estimate of drug-likeness (QED) is 0.684. The number of fused-ring (bicyclic) bond motifs is 1. The lowest BCUT2D eigenvalue weighted by atomic mass is 9.72. The van der Waals surface area contributed by atoms with Gasteiger partial charge < -0.3 is 4.42 Å². The molecule has 0 spiro atoms. The first-order valence-corrected chi connectivity index (χ1v) is 6.67. The zero-order chi connectivity index (χ0) is 13.6. The van der Waals surface area contributed by atoms with Gasteiger partial charge in [-0.05, 0) is 47.4 Å². The van der Waals surface area contributed by atoms with Crippen molar-refractivity contribution < 1.29 is 4.42 Å². The van der Waals surface area contributed by atoms with Gasteiger partial charge >= 0.3 is 0 Å². The van der Waals surface area contributed by atoms with Crippen LogP contribution < -0.4 is 0 Å². The highest BCUT2D eigenvalue weighted by Gasteiger charge is 2.27. The lowest BCUT2D eigenvalue weighted by molar-refractivity contribution is 0.284. The summed E-state index contributed by atoms with van der Waals surface area (Å²) >= 11 is 0. The van der Waals surface area contributed by atoms with E-state index < -0.39 is 0 Å². The average molecular weight is 244 g/mol. The van der Waals surface area contributed by atoms with Gasteiger partial charge in [0, 0.05) is 5.39 Å². The largest absolute Gasteiger partial charge is 0.464 e. The molecule has 0 aliphatic rings. The molecule has 1 aromatic heterocycles. The summed E-state index contributed by atoms with van der Waals surface area (Å²) in [6, 6.07) is 6.60. The van der Waals surface area contributed by atoms with Crippen molar-refractivity contribution in [3.63, 3.8) is 0 Å². The Morgan fingerprint density at radius 2 is 1.72 bits per heavy atom. The minimum Gasteiger partial charge on any atom is -0.464 e. The zero-order valence-corrected chi connectivity index (χ0v) is 12.4. The fraction of sp³-hybridized carbons (Fsp3) is 0.529. The maximum absolute atomic E-state index is 5.52. The molecule has 98 valence electrons. The van der Waals surface area contributed by atoms with Crippen LogP contribution in [-0.4, -0.2) is 0 Å². The minimum absolute atomic E-state index is 0.191. The molecule has 0 radical (unpaired) electrons. The summed E-state index contributed by atoms with van der Waals surface area (Å²) < 4.78 is 5.52. The van der Waals surface area contributed by atoms with Crippen LogP contribution in [0.4, 0.5) is 0 Å². The Morgan fingerprint density at radius 1 is 1.06 bits per heavy atom. The zero-order valence-electron chi connectivity index (χ0n) is 12.4. The number of rotatable bonds is 2. The Morgan fingerprint density at radius 3 is 2.33 bits per heavy atom. The summed E-state index contributed by atoms with van der Waals surface area (Å²) in [5.41, 5.74) is 4.13. The lowest BCUT2D eigenvalue weighted by Crippen LogP contribution is -2.24. The van der Waals surface area contributed by atoms with Crippen LogP contribution >= 0.6 is 0 Å². The molecule has 0 saturated heterocycles. The molecule has 0 fully saturated rings. The fourth-order valence-electron chi connectivity index (χ4n) is 3.01. The number of benzene rings is 1. The van der Waals surface area contributed by atoms with E-state index in [9.17, 15) is 0 Å². The van der Waals surface area contributed by atoms with E-state index in [0.29, 0.717) is 5.41 Å². The number of hydrogen-bond donors (Lipinski definition) is 0. The van der Waals surface area contributed by atoms with Crippen LogP contribution in [0.15, 0.2) is 28.9 Å². The van der Waals surface area contributed by atoms with Crippen LogP contribution in [0.5, 0.6) is 0 Å². The highest BCUT2D eigenvalue weighted by molar-refractivity contribution is 5.81. The van der Waals surface area contributed by atoms with Crippen molar-refractivity contribution in [3.8, 4) is 0 Å². The van der Waals surface area contributed by atoms with Gasteiger partial charge in [-0.3, -0.25) is 0 Å². The topological polar surface area (TPSA) is 13.1 Å². The predicted molar refractivity (Wildman–Crippen MR) is 78.0 cm³/mol. The SMILES string of the molecule is Cc1coc2ccc(C(C)(C)CC(C)(C)C)cc12. The molecule has 2 rings (SSSR count). The van der Waals surface area contributed by atoms with E-state index in [2.05, 4.69) is 59.7 Å². The third-order valence-corrected chi connectivity index (χ3v) is 3.52. The second kappa shape index (κ2) is 4.15. The first-order chi connectivity index (χ1) is 8.19. The molecule has 0 N–H and O–H groups in total. The van der Waals surface area contributed by atoms with E-state index in [4.69, 9.17) is 4.42 Å². The van der Waals surface area contributed by atoms with E-state index in [0.717, 1.165) is 5.58 Å². The number of aryl methyl sites for hydroxylation is 1. The molecule has 0 bridgehead atoms. The van der Waals surface area contributed by atoms with Crippen molar-refractivity contribution in [3.05, 3.63) is 35.6 Å². The van der Waals surface area contributed by atoms with E-state index in [-0.39, 0.29) is 5.41 Å². The van der Waals surface area contributed by atoms with Gasteiger partial charge in [0.25, 0.3) is 0 Å². The summed E-state index contributed by atoms with van der Waals surface area (Å²) in [4.78, 5) is 0. The molecular weight excluding hydrogens is 220 g/mol. The van der Waals surface area contributed by atoms with Crippen molar-refractivity contribution >= 4 is 11.0 Å². The van der Waals surface area contributed by atoms with Gasteiger partial charge in [-0.25, -0.2) is 0 Å². The number of hydrogen-bond acceptors (Lipinski definition) is 1. The smallest absolute Gasteiger partial charge is 0.134 e. The minimum atomic E-state index is 0.191. The second-order valence-electron chi connectivity index (χ2n) is 7.25. The Kier molecular flexibility index (Phi) is 3.04. The van der Waals surface area contributed by atoms with Crippen LogP contribution in [-0.2, 0) is 5.41 Å². The summed E-state index contributed by atoms with van der Waals surface area (Å²) in [7, 11) is 0. The monoisotopic (exact) mass is 244 g/mol. The molecule has 1 aromatic carbocycles. The summed E-state index contributed by atoms with van der Waals surface area (Å²) in [5, 5.41) is 1.24. The molecule has 1 heterocycles. The van der Waals surface area contributed by atoms with Crippen molar-refractivity contribution in [2.24, 2.45) is 5.41 Å². The van der Waals surface area contributed by atoms with Crippen molar-refractivity contribution in [2.75, 3.05) is 0 Å². The molecule has 0 aliphatic heterocycles. The molecule has 0 atom stereocenters. The maximum atomic E-state index is 5.52. The van der Waals surface area contributed by atoms with Crippen LogP contribution in [0.25, 0.3) is 11.0 Å². The van der Waals surface area contributed by atoms with Gasteiger partial charge in [0.1, 0.15) is 5.58 Å². The molecular formula is C17H24O. The van der Waals surface area contributed by atoms with Crippen molar-refractivity contribution in [2.45, 2.75) is 53.4 Å². The molecule has 2 aromatic rings. The van der Waals surface area contributed by atoms with Crippen molar-refractivity contribution in [1.29, 1.82) is 0 Å². The summed E-state index contributed by atoms with van der Waals surface area (Å²) in [6.45, 7) is 13.7. The maximum Gasteiger partial charge on any atom is 0.134 e. The fourth-order valence-corrected chi connectivity index (χ4v) is 3.01. The van der Waals surface area contributed by atoms with Gasteiger partial charge in [-0.1, -0.05) is 40.7 Å². The van der Waals surface area contributed by atoms with E-state index >= 15 is 0 Å². The van der Waals surface area contributed by atoms with Crippen molar-refractivity contribution in [1.82, 2.24) is 0 Å². The Hall–Kier alpha value is -1.24. The van der Waals surface area contributed by atoms with E-state index in [1.165, 1.54) is 22.9 Å². The lowest BCUT2D eigenvalue weighted by Gasteiger charge is -2.33. The molecule has 0 unspecified atom stereocenters. The second-order valence-corrected chi connectivity index (χ2v) is 7.25. The van der Waals surface area contributed by atoms with Crippen LogP contribution in [0, 0.1) is 12.3 Å². The van der Waals surface area contributed by atoms with Gasteiger partial charge in [0.15, 0.2) is 0 Å². The third kappa shape index (κ3) is 2.60. The van der Waals surface area contributed by atoms with E-state index in [1.807, 2.05) is 6.26 Å². The Bertz CT molecular complexity index is 552. The van der Waals surface area contributed by atoms with Crippen LogP contribution in [0.2, 0.25) is 0 Å². The average Bonchev–Trinajstić information content (AvgIpc) is 2.56. The van der Waals surface area contributed by atoms with Crippen LogP contribution in [0.3, 0.4) is 0 Å². The first-order valence-electron chi connectivity index (χ1n) is 6.67. The van der Waals surface area contributed by atoms with Gasteiger partial charge in [-0.2, -0.15) is 0 Å². The first kappa shape index (κ1) is 13.2. The van der Waals surface area contributed by atoms with E-state index in [1.54, 1.807) is 0 Å². The summed E-state index contributed by atoms with van der Waals surface area (Å²) in [6.07, 6.45) is 3.01. The normalized spacial score (nSPS) is 13.2. The van der Waals surface area contributed by atoms with Crippen LogP contribution in [0.1, 0.15) is 52.2 Å².